The molecule has 0 bridgehead atoms. The molecule has 0 saturated carbocycles. The molecule has 3 nitrogen and oxygen atoms in total. The zero-order valence-corrected chi connectivity index (χ0v) is 22.3. The van der Waals surface area contributed by atoms with E-state index in [1.54, 1.807) is 0 Å². The molecular formula is C30H30F8O3. The lowest BCUT2D eigenvalue weighted by Gasteiger charge is -2.47. The molecule has 4 rings (SSSR count). The van der Waals surface area contributed by atoms with Gasteiger partial charge in [0.2, 0.25) is 0 Å². The van der Waals surface area contributed by atoms with E-state index in [1.807, 2.05) is 0 Å². The van der Waals surface area contributed by atoms with Crippen LogP contribution in [0.25, 0.3) is 0 Å². The van der Waals surface area contributed by atoms with Crippen LogP contribution in [0.3, 0.4) is 0 Å². The second kappa shape index (κ2) is 12.6. The Balaban J connectivity index is 1.77. The number of hydrogen-bond acceptors (Lipinski definition) is 3. The summed E-state index contributed by atoms with van der Waals surface area (Å²) in [6, 6.07) is 0. The molecule has 0 aliphatic carbocycles. The molecule has 2 unspecified atom stereocenters. The van der Waals surface area contributed by atoms with E-state index in [9.17, 15) is 17.6 Å². The molecule has 0 spiro atoms. The van der Waals surface area contributed by atoms with E-state index < -0.39 is 106 Å². The van der Waals surface area contributed by atoms with Crippen LogP contribution in [0.15, 0.2) is 25.3 Å². The molecule has 2 aromatic carbocycles. The zero-order valence-electron chi connectivity index (χ0n) is 22.3. The van der Waals surface area contributed by atoms with Crippen molar-refractivity contribution in [1.29, 1.82) is 0 Å². The monoisotopic (exact) mass is 590 g/mol. The molecule has 11 heteroatoms. The molecule has 41 heavy (non-hydrogen) atoms. The molecular weight excluding hydrogens is 560 g/mol. The minimum Gasteiger partial charge on any atom is -0.349 e. The van der Waals surface area contributed by atoms with Gasteiger partial charge in [0, 0.05) is 47.9 Å². The topological polar surface area (TPSA) is 27.7 Å². The fourth-order valence-electron chi connectivity index (χ4n) is 5.45. The second-order valence-corrected chi connectivity index (χ2v) is 10.3. The molecule has 2 atom stereocenters. The Bertz CT molecular complexity index is 1160. The van der Waals surface area contributed by atoms with Gasteiger partial charge in [-0.1, -0.05) is 12.2 Å². The van der Waals surface area contributed by atoms with Crippen LogP contribution in [0.1, 0.15) is 60.8 Å². The normalized spacial score (nSPS) is 23.0. The van der Waals surface area contributed by atoms with Crippen LogP contribution in [-0.2, 0) is 39.9 Å². The lowest BCUT2D eigenvalue weighted by Crippen LogP contribution is -2.53. The van der Waals surface area contributed by atoms with Crippen molar-refractivity contribution in [1.82, 2.24) is 0 Å². The van der Waals surface area contributed by atoms with Crippen LogP contribution in [0.2, 0.25) is 0 Å². The molecule has 2 aliphatic heterocycles. The number of benzene rings is 2. The first-order chi connectivity index (χ1) is 19.5. The van der Waals surface area contributed by atoms with E-state index in [4.69, 9.17) is 14.2 Å². The fraction of sp³-hybridized carbons (Fsp3) is 0.467. The summed E-state index contributed by atoms with van der Waals surface area (Å²) in [5.74, 6) is -16.8. The van der Waals surface area contributed by atoms with Gasteiger partial charge >= 0.3 is 0 Å². The molecule has 0 radical (unpaired) electrons. The highest BCUT2D eigenvalue weighted by Crippen LogP contribution is 2.42. The van der Waals surface area contributed by atoms with Crippen LogP contribution in [0.5, 0.6) is 0 Å². The van der Waals surface area contributed by atoms with Gasteiger partial charge in [-0.25, -0.2) is 35.1 Å². The summed E-state index contributed by atoms with van der Waals surface area (Å²) < 4.78 is 137. The molecule has 2 aromatic rings. The van der Waals surface area contributed by atoms with Crippen molar-refractivity contribution < 1.29 is 49.3 Å². The first kappa shape index (κ1) is 31.2. The van der Waals surface area contributed by atoms with Gasteiger partial charge in [-0.3, -0.25) is 0 Å². The van der Waals surface area contributed by atoms with Gasteiger partial charge in [0.1, 0.15) is 0 Å². The number of halogens is 8. The van der Waals surface area contributed by atoms with Crippen molar-refractivity contribution >= 4 is 0 Å². The Morgan fingerprint density at radius 3 is 1.12 bits per heavy atom. The summed E-state index contributed by atoms with van der Waals surface area (Å²) in [4.78, 5) is 0. The maximum Gasteiger partial charge on any atom is 0.175 e. The third kappa shape index (κ3) is 6.08. The summed E-state index contributed by atoms with van der Waals surface area (Å²) in [7, 11) is 0. The van der Waals surface area contributed by atoms with Gasteiger partial charge in [-0.05, 0) is 38.5 Å². The van der Waals surface area contributed by atoms with Crippen LogP contribution in [0, 0.1) is 46.5 Å². The highest BCUT2D eigenvalue weighted by atomic mass is 19.2. The Labute approximate surface area is 232 Å². The Kier molecular flexibility index (Phi) is 9.60. The van der Waals surface area contributed by atoms with Crippen molar-refractivity contribution in [2.24, 2.45) is 0 Å². The first-order valence-corrected chi connectivity index (χ1v) is 13.4. The molecule has 0 amide bonds. The lowest BCUT2D eigenvalue weighted by molar-refractivity contribution is -0.376. The predicted molar refractivity (Wildman–Crippen MR) is 134 cm³/mol. The van der Waals surface area contributed by atoms with Crippen LogP contribution in [0.4, 0.5) is 35.1 Å². The molecule has 2 aliphatic rings. The van der Waals surface area contributed by atoms with E-state index in [1.165, 1.54) is 0 Å². The maximum atomic E-state index is 15.1. The van der Waals surface area contributed by atoms with Gasteiger partial charge in [0.15, 0.2) is 58.1 Å². The van der Waals surface area contributed by atoms with Gasteiger partial charge in [-0.15, -0.1) is 13.2 Å². The summed E-state index contributed by atoms with van der Waals surface area (Å²) >= 11 is 0. The Morgan fingerprint density at radius 2 is 0.854 bits per heavy atom. The minimum absolute atomic E-state index is 0.0272. The first-order valence-electron chi connectivity index (χ1n) is 13.4. The predicted octanol–water partition coefficient (Wildman–Crippen LogP) is 7.85. The van der Waals surface area contributed by atoms with Crippen molar-refractivity contribution in [3.05, 3.63) is 94.1 Å². The quantitative estimate of drug-likeness (QED) is 0.160. The number of ether oxygens (including phenoxy) is 3. The van der Waals surface area contributed by atoms with Crippen LogP contribution < -0.4 is 0 Å². The Morgan fingerprint density at radius 1 is 0.537 bits per heavy atom. The summed E-state index contributed by atoms with van der Waals surface area (Å²) in [6.45, 7) is 6.72. The van der Waals surface area contributed by atoms with Crippen molar-refractivity contribution in [3.8, 4) is 0 Å². The highest BCUT2D eigenvalue weighted by molar-refractivity contribution is 5.33. The second-order valence-electron chi connectivity index (χ2n) is 10.3. The van der Waals surface area contributed by atoms with Gasteiger partial charge < -0.3 is 14.2 Å². The average Bonchev–Trinajstić information content (AvgIpc) is 2.97. The van der Waals surface area contributed by atoms with Crippen molar-refractivity contribution in [2.45, 2.75) is 75.8 Å². The molecule has 224 valence electrons. The Hall–Kier alpha value is -2.76. The fourth-order valence-corrected chi connectivity index (χ4v) is 5.45. The maximum absolute atomic E-state index is 15.1. The molecule has 0 aromatic heterocycles. The smallest absolute Gasteiger partial charge is 0.175 e. The van der Waals surface area contributed by atoms with Gasteiger partial charge in [0.25, 0.3) is 0 Å². The van der Waals surface area contributed by atoms with E-state index >= 15 is 17.6 Å². The van der Waals surface area contributed by atoms with Crippen molar-refractivity contribution in [2.75, 3.05) is 13.2 Å². The number of allylic oxidation sites excluding steroid dienone is 2. The van der Waals surface area contributed by atoms with E-state index in [0.717, 1.165) is 12.2 Å². The summed E-state index contributed by atoms with van der Waals surface area (Å²) in [5.41, 5.74) is -3.63. The number of rotatable bonds is 10. The van der Waals surface area contributed by atoms with Crippen molar-refractivity contribution in [3.63, 3.8) is 0 Å². The molecule has 2 saturated heterocycles. The van der Waals surface area contributed by atoms with Crippen LogP contribution >= 0.6 is 0 Å². The van der Waals surface area contributed by atoms with Gasteiger partial charge in [-0.2, -0.15) is 0 Å². The molecule has 2 heterocycles. The summed E-state index contributed by atoms with van der Waals surface area (Å²) in [6.07, 6.45) is 1.43. The third-order valence-electron chi connectivity index (χ3n) is 7.49. The van der Waals surface area contributed by atoms with E-state index in [0.29, 0.717) is 25.7 Å². The standard InChI is InChI=1S/C30H30F8O3/c1-3-9-17-21(31)25(35)19(26(36)22(17)32)15-29(11-5-7-13-39-29)41-30(12-6-8-14-40-30)16-20-27(37)23(33)18(10-4-2)24(34)28(20)38/h3-4H,1-2,5-16H2. The highest BCUT2D eigenvalue weighted by Gasteiger charge is 2.48. The largest absolute Gasteiger partial charge is 0.349 e. The van der Waals surface area contributed by atoms with E-state index in [-0.39, 0.29) is 26.1 Å². The summed E-state index contributed by atoms with van der Waals surface area (Å²) in [5, 5.41) is 0. The lowest BCUT2D eigenvalue weighted by atomic mass is 9.91. The molecule has 0 N–H and O–H groups in total. The SMILES string of the molecule is C=CCc1c(F)c(F)c(CC2(OC3(Cc4c(F)c(F)c(CC=C)c(F)c4F)CCCCO3)CCCCO2)c(F)c1F. The molecule has 2 fully saturated rings. The third-order valence-corrected chi connectivity index (χ3v) is 7.49. The minimum atomic E-state index is -1.94. The van der Waals surface area contributed by atoms with Crippen LogP contribution in [-0.4, -0.2) is 24.8 Å². The van der Waals surface area contributed by atoms with Gasteiger partial charge in [0.05, 0.1) is 13.2 Å². The number of hydrogen-bond donors (Lipinski definition) is 0. The van der Waals surface area contributed by atoms with E-state index in [2.05, 4.69) is 13.2 Å². The zero-order chi connectivity index (χ0) is 29.9. The average molecular weight is 591 g/mol.